The molecule has 6 heteroatoms. The highest BCUT2D eigenvalue weighted by Gasteiger charge is 2.46. The molecule has 0 saturated carbocycles. The Labute approximate surface area is 475 Å². The van der Waals surface area contributed by atoms with Crippen LogP contribution in [0.1, 0.15) is 162 Å². The molecular weight excluding hydrogens is 976 g/mol. The molecule has 10 aromatic rings. The predicted octanol–water partition coefficient (Wildman–Crippen LogP) is 17.7. The number of fused-ring (bicyclic) bond motifs is 10. The average Bonchev–Trinajstić information content (AvgIpc) is 2.32. The van der Waals surface area contributed by atoms with Gasteiger partial charge in [0.25, 0.3) is 12.5 Å². The Balaban J connectivity index is 1.16. The van der Waals surface area contributed by atoms with Gasteiger partial charge in [0, 0.05) is 48.6 Å². The van der Waals surface area contributed by atoms with Gasteiger partial charge in [-0.15, -0.1) is 0 Å². The molecule has 0 bridgehead atoms. The summed E-state index contributed by atoms with van der Waals surface area (Å²) in [6.45, 7) is 40.1. The van der Waals surface area contributed by atoms with Crippen molar-refractivity contribution in [3.05, 3.63) is 172 Å². The molecule has 0 radical (unpaired) electrons. The number of nitrogens with zero attached hydrogens (tertiary/aromatic N) is 4. The molecule has 2 aromatic heterocycles. The highest BCUT2D eigenvalue weighted by atomic mass is 32.2. The Bertz CT molecular complexity index is 4220. The quantitative estimate of drug-likeness (QED) is 0.126. The van der Waals surface area contributed by atoms with Crippen LogP contribution in [0.5, 0.6) is 0 Å². The van der Waals surface area contributed by atoms with Gasteiger partial charge in [0.1, 0.15) is 5.69 Å². The van der Waals surface area contributed by atoms with Crippen molar-refractivity contribution in [2.24, 2.45) is 7.05 Å². The summed E-state index contributed by atoms with van der Waals surface area (Å²) < 4.78 is 7.73. The number of para-hydroxylation sites is 3. The molecule has 0 unspecified atom stereocenters. The molecule has 0 saturated heterocycles. The van der Waals surface area contributed by atoms with Crippen LogP contribution in [0.4, 0.5) is 17.1 Å². The third kappa shape index (κ3) is 7.80. The lowest BCUT2D eigenvalue weighted by molar-refractivity contribution is -0.633. The van der Waals surface area contributed by atoms with Crippen LogP contribution in [0.3, 0.4) is 0 Å². The van der Waals surface area contributed by atoms with Gasteiger partial charge in [0.2, 0.25) is 0 Å². The fourth-order valence-corrected chi connectivity index (χ4v) is 14.7. The van der Waals surface area contributed by atoms with E-state index in [0.29, 0.717) is 11.8 Å². The van der Waals surface area contributed by atoms with Gasteiger partial charge in [-0.3, -0.25) is 0 Å². The summed E-state index contributed by atoms with van der Waals surface area (Å²) in [5, 5.41) is 2.67. The van der Waals surface area contributed by atoms with Crippen LogP contribution in [0.15, 0.2) is 143 Å². The molecule has 8 aromatic carbocycles. The van der Waals surface area contributed by atoms with Crippen LogP contribution in [-0.4, -0.2) is 15.8 Å². The number of anilines is 3. The van der Waals surface area contributed by atoms with Gasteiger partial charge in [-0.2, -0.15) is 4.57 Å². The maximum absolute atomic E-state index is 2.69. The highest BCUT2D eigenvalue weighted by molar-refractivity contribution is 7.99. The number of rotatable bonds is 5. The van der Waals surface area contributed by atoms with Crippen LogP contribution in [-0.2, 0) is 28.7 Å². The second kappa shape index (κ2) is 17.4. The van der Waals surface area contributed by atoms with Crippen molar-refractivity contribution in [3.63, 3.8) is 0 Å². The topological polar surface area (TPSA) is 17.0 Å². The molecule has 0 N–H and O–H groups in total. The Morgan fingerprint density at radius 2 is 1.08 bits per heavy atom. The number of benzene rings is 8. The van der Waals surface area contributed by atoms with E-state index in [9.17, 15) is 0 Å². The first kappa shape index (κ1) is 51.7. The fourth-order valence-electron chi connectivity index (χ4n) is 13.5. The lowest BCUT2D eigenvalue weighted by atomic mass is 9.33. The van der Waals surface area contributed by atoms with Gasteiger partial charge in [-0.1, -0.05) is 189 Å². The Morgan fingerprint density at radius 3 is 1.75 bits per heavy atom. The molecule has 0 fully saturated rings. The zero-order chi connectivity index (χ0) is 55.9. The minimum atomic E-state index is -0.0701. The molecule has 79 heavy (non-hydrogen) atoms. The van der Waals surface area contributed by atoms with Crippen molar-refractivity contribution in [3.8, 4) is 33.9 Å². The van der Waals surface area contributed by atoms with Crippen LogP contribution in [0.25, 0.3) is 66.7 Å². The van der Waals surface area contributed by atoms with E-state index in [1.165, 1.54) is 149 Å². The summed E-state index contributed by atoms with van der Waals surface area (Å²) in [6, 6.07) is 53.3. The van der Waals surface area contributed by atoms with Crippen molar-refractivity contribution in [2.45, 2.75) is 161 Å². The minimum absolute atomic E-state index is 0.00124. The van der Waals surface area contributed by atoms with Gasteiger partial charge in [0.15, 0.2) is 11.0 Å². The number of aromatic nitrogens is 3. The smallest absolute Gasteiger partial charge is 0.295 e. The third-order valence-corrected chi connectivity index (χ3v) is 19.1. The van der Waals surface area contributed by atoms with E-state index in [-0.39, 0.29) is 28.4 Å². The maximum atomic E-state index is 2.69. The molecule has 3 aliphatic heterocycles. The molecule has 4 nitrogen and oxygen atoms in total. The summed E-state index contributed by atoms with van der Waals surface area (Å²) in [6.07, 6.45) is 0. The second-order valence-electron chi connectivity index (χ2n) is 28.3. The molecule has 0 aliphatic carbocycles. The van der Waals surface area contributed by atoms with Gasteiger partial charge in [0.05, 0.1) is 29.5 Å². The second-order valence-corrected chi connectivity index (χ2v) is 29.3. The zero-order valence-corrected chi connectivity index (χ0v) is 50.9. The number of hydrogen-bond donors (Lipinski definition) is 0. The first-order valence-electron chi connectivity index (χ1n) is 29.1. The van der Waals surface area contributed by atoms with Gasteiger partial charge in [-0.25, -0.2) is 4.57 Å². The largest absolute Gasteiger partial charge is 0.310 e. The fraction of sp³-hybridized carbons (Fsp3) is 0.329. The third-order valence-electron chi connectivity index (χ3n) is 18.0. The number of aryl methyl sites for hydroxylation is 2. The van der Waals surface area contributed by atoms with Crippen molar-refractivity contribution < 1.29 is 4.57 Å². The summed E-state index contributed by atoms with van der Waals surface area (Å²) in [5.74, 6) is 1.86. The van der Waals surface area contributed by atoms with Crippen LogP contribution in [0.2, 0.25) is 0 Å². The molecule has 0 atom stereocenters. The minimum Gasteiger partial charge on any atom is -0.310 e. The van der Waals surface area contributed by atoms with E-state index in [1.807, 2.05) is 11.8 Å². The Hall–Kier alpha value is -6.76. The van der Waals surface area contributed by atoms with Crippen molar-refractivity contribution in [1.29, 1.82) is 0 Å². The van der Waals surface area contributed by atoms with E-state index in [4.69, 9.17) is 0 Å². The molecule has 5 heterocycles. The number of hydrogen-bond acceptors (Lipinski definition) is 2. The van der Waals surface area contributed by atoms with Gasteiger partial charge < -0.3 is 9.47 Å². The lowest BCUT2D eigenvalue weighted by Crippen LogP contribution is -2.61. The predicted molar refractivity (Wildman–Crippen MR) is 341 cm³/mol. The van der Waals surface area contributed by atoms with Gasteiger partial charge >= 0.3 is 0 Å². The molecule has 3 aliphatic rings. The van der Waals surface area contributed by atoms with E-state index < -0.39 is 0 Å². The molecule has 0 amide bonds. The molecular formula is C73H78BN4S+. The Kier molecular flexibility index (Phi) is 11.4. The molecule has 398 valence electrons. The average molecular weight is 1050 g/mol. The van der Waals surface area contributed by atoms with Crippen LogP contribution in [0, 0.1) is 6.92 Å². The summed E-state index contributed by atoms with van der Waals surface area (Å²) in [7, 11) is 2.27. The summed E-state index contributed by atoms with van der Waals surface area (Å²) in [5.41, 5.74) is 28.6. The first-order chi connectivity index (χ1) is 37.2. The summed E-state index contributed by atoms with van der Waals surface area (Å²) in [4.78, 5) is 5.34. The van der Waals surface area contributed by atoms with E-state index in [1.54, 1.807) is 0 Å². The van der Waals surface area contributed by atoms with Gasteiger partial charge in [-0.05, 0) is 162 Å². The van der Waals surface area contributed by atoms with E-state index in [2.05, 4.69) is 277 Å². The van der Waals surface area contributed by atoms with E-state index >= 15 is 0 Å². The SMILES string of the molecule is Cc1ccc(-c2cc3c4c(c2)-n2c5ccc(C(C)(C)C)cc5c5cc(C(C)(C)C)cc(c52)B4c2cc(C(C)(C)C)cc4c2N3c2ccc(C(C)(C)C)cc2S4)cc1-c1n(-c2c(C(C)C)cccc2C(C)C)c2ccccc2[n+]1C. The van der Waals surface area contributed by atoms with Crippen molar-refractivity contribution in [1.82, 2.24) is 9.13 Å². The van der Waals surface area contributed by atoms with Crippen LogP contribution < -0.4 is 25.9 Å². The zero-order valence-electron chi connectivity index (χ0n) is 50.1. The molecule has 13 rings (SSSR count). The molecule has 0 spiro atoms. The lowest BCUT2D eigenvalue weighted by Gasteiger charge is -2.45. The van der Waals surface area contributed by atoms with Crippen molar-refractivity contribution >= 4 is 84.8 Å². The monoisotopic (exact) mass is 1050 g/mol. The number of imidazole rings is 1. The standard InChI is InChI=1S/C73H78BN4S/c1-41(2)50-22-21-23-51(42(3)4)66(50)78-59-25-20-19-24-58(59)75(18)69(78)52-32-44(27-26-43(52)5)45-33-61-65-62(34-45)77-60-31-29-47(71(9,10)11)39-63(60)79-64-40-49(73(15,16)17)38-56(68(64)77)74(65)55-37-48(72(12,13)14)36-54-53-35-46(70(6,7)8)28-30-57(53)76(61)67(54)55/h19-42H,1-18H3/q+1. The maximum Gasteiger partial charge on any atom is 0.295 e. The summed E-state index contributed by atoms with van der Waals surface area (Å²) >= 11 is 1.97. The van der Waals surface area contributed by atoms with E-state index in [0.717, 1.165) is 0 Å². The normalized spacial score (nSPS) is 14.1. The first-order valence-corrected chi connectivity index (χ1v) is 29.9. The Morgan fingerprint density at radius 1 is 0.481 bits per heavy atom. The highest BCUT2D eigenvalue weighted by Crippen LogP contribution is 2.55. The van der Waals surface area contributed by atoms with Crippen LogP contribution >= 0.6 is 11.8 Å². The van der Waals surface area contributed by atoms with Crippen molar-refractivity contribution in [2.75, 3.05) is 4.90 Å².